The van der Waals surface area contributed by atoms with Crippen LogP contribution in [0.2, 0.25) is 0 Å². The predicted octanol–water partition coefficient (Wildman–Crippen LogP) is 2.81. The first kappa shape index (κ1) is 13.2. The second-order valence-corrected chi connectivity index (χ2v) is 6.33. The van der Waals surface area contributed by atoms with E-state index < -0.39 is 0 Å². The molecule has 1 saturated carbocycles. The molecule has 3 nitrogen and oxygen atoms in total. The summed E-state index contributed by atoms with van der Waals surface area (Å²) in [6.45, 7) is 5.64. The van der Waals surface area contributed by atoms with Crippen LogP contribution in [0.5, 0.6) is 0 Å². The van der Waals surface area contributed by atoms with E-state index in [2.05, 4.69) is 24.2 Å². The molecule has 0 amide bonds. The lowest BCUT2D eigenvalue weighted by atomic mass is 9.83. The largest absolute Gasteiger partial charge is 0.377 e. The molecule has 2 fully saturated rings. The van der Waals surface area contributed by atoms with Gasteiger partial charge >= 0.3 is 0 Å². The predicted molar refractivity (Wildman–Crippen MR) is 74.8 cm³/mol. The Morgan fingerprint density at radius 3 is 2.82 bits per heavy atom. The van der Waals surface area contributed by atoms with Crippen molar-refractivity contribution in [1.82, 2.24) is 5.32 Å². The molecule has 0 aromatic rings. The Kier molecular flexibility index (Phi) is 4.74. The van der Waals surface area contributed by atoms with E-state index in [-0.39, 0.29) is 0 Å². The van der Waals surface area contributed by atoms with Gasteiger partial charge in [-0.2, -0.15) is 0 Å². The number of thioether (sulfide) groups is 1. The van der Waals surface area contributed by atoms with E-state index in [1.807, 2.05) is 11.8 Å². The minimum atomic E-state index is 0.309. The number of aliphatic imine (C=N–C) groups is 1. The fourth-order valence-electron chi connectivity index (χ4n) is 2.52. The summed E-state index contributed by atoms with van der Waals surface area (Å²) in [5.41, 5.74) is 0.376. The molecule has 0 aromatic carbocycles. The Balaban J connectivity index is 1.74. The molecule has 0 bridgehead atoms. The molecule has 0 atom stereocenters. The number of nitrogens with zero attached hydrogens (tertiary/aromatic N) is 1. The van der Waals surface area contributed by atoms with Gasteiger partial charge in [-0.25, -0.2) is 0 Å². The van der Waals surface area contributed by atoms with Gasteiger partial charge in [0.25, 0.3) is 0 Å². The zero-order chi connectivity index (χ0) is 12.1. The summed E-state index contributed by atoms with van der Waals surface area (Å²) < 4.78 is 5.49. The topological polar surface area (TPSA) is 33.6 Å². The Morgan fingerprint density at radius 1 is 1.35 bits per heavy atom. The Hall–Kier alpha value is -0.220. The van der Waals surface area contributed by atoms with Crippen LogP contribution < -0.4 is 5.32 Å². The molecule has 4 heteroatoms. The minimum Gasteiger partial charge on any atom is -0.377 e. The van der Waals surface area contributed by atoms with Gasteiger partial charge in [0.15, 0.2) is 5.17 Å². The quantitative estimate of drug-likeness (QED) is 0.785. The first-order valence-electron chi connectivity index (χ1n) is 6.77. The van der Waals surface area contributed by atoms with Gasteiger partial charge in [0.05, 0.1) is 19.3 Å². The summed E-state index contributed by atoms with van der Waals surface area (Å²) in [6.07, 6.45) is 7.10. The maximum Gasteiger partial charge on any atom is 0.157 e. The average Bonchev–Trinajstić information content (AvgIpc) is 2.69. The zero-order valence-corrected chi connectivity index (χ0v) is 11.8. The van der Waals surface area contributed by atoms with Gasteiger partial charge in [-0.1, -0.05) is 31.0 Å². The van der Waals surface area contributed by atoms with Crippen molar-refractivity contribution in [1.29, 1.82) is 0 Å². The number of hydrogen-bond donors (Lipinski definition) is 1. The van der Waals surface area contributed by atoms with Crippen molar-refractivity contribution in [2.75, 3.05) is 18.9 Å². The number of rotatable bonds is 4. The van der Waals surface area contributed by atoms with Crippen LogP contribution in [0.1, 0.15) is 46.0 Å². The third kappa shape index (κ3) is 3.88. The summed E-state index contributed by atoms with van der Waals surface area (Å²) >= 11 is 1.89. The van der Waals surface area contributed by atoms with E-state index in [1.165, 1.54) is 37.9 Å². The summed E-state index contributed by atoms with van der Waals surface area (Å²) in [5.74, 6) is 1.21. The molecule has 98 valence electrons. The van der Waals surface area contributed by atoms with Crippen molar-refractivity contribution < 1.29 is 4.74 Å². The lowest BCUT2D eigenvalue weighted by Gasteiger charge is -2.32. The van der Waals surface area contributed by atoms with E-state index >= 15 is 0 Å². The summed E-state index contributed by atoms with van der Waals surface area (Å²) in [6, 6.07) is 0. The van der Waals surface area contributed by atoms with Crippen LogP contribution in [-0.2, 0) is 4.74 Å². The van der Waals surface area contributed by atoms with Crippen molar-refractivity contribution in [3.63, 3.8) is 0 Å². The molecular formula is C13H24N2OS. The fourth-order valence-corrected chi connectivity index (χ4v) is 3.77. The third-order valence-electron chi connectivity index (χ3n) is 3.47. The number of ether oxygens (including phenoxy) is 1. The zero-order valence-electron chi connectivity index (χ0n) is 11.0. The normalized spacial score (nSPS) is 25.7. The van der Waals surface area contributed by atoms with E-state index in [1.54, 1.807) is 0 Å². The van der Waals surface area contributed by atoms with Crippen molar-refractivity contribution >= 4 is 16.9 Å². The van der Waals surface area contributed by atoms with Gasteiger partial charge in [-0.05, 0) is 26.7 Å². The first-order chi connectivity index (χ1) is 8.20. The molecule has 1 N–H and O–H groups in total. The SMILES string of the molecule is CC(C)OCCN=C1NC2(CCCCC2)CS1. The number of amidine groups is 1. The van der Waals surface area contributed by atoms with Crippen LogP contribution in [0.4, 0.5) is 0 Å². The van der Waals surface area contributed by atoms with Gasteiger partial charge in [0, 0.05) is 11.3 Å². The monoisotopic (exact) mass is 256 g/mol. The van der Waals surface area contributed by atoms with Gasteiger partial charge in [0.2, 0.25) is 0 Å². The van der Waals surface area contributed by atoms with Crippen LogP contribution in [-0.4, -0.2) is 35.7 Å². The maximum absolute atomic E-state index is 5.49. The van der Waals surface area contributed by atoms with Crippen LogP contribution in [0.15, 0.2) is 4.99 Å². The average molecular weight is 256 g/mol. The molecule has 1 saturated heterocycles. The first-order valence-corrected chi connectivity index (χ1v) is 7.76. The van der Waals surface area contributed by atoms with Crippen molar-refractivity contribution in [3.8, 4) is 0 Å². The Morgan fingerprint density at radius 2 is 2.12 bits per heavy atom. The van der Waals surface area contributed by atoms with Crippen LogP contribution in [0.25, 0.3) is 0 Å². The van der Waals surface area contributed by atoms with Crippen LogP contribution in [0, 0.1) is 0 Å². The van der Waals surface area contributed by atoms with Crippen LogP contribution >= 0.6 is 11.8 Å². The van der Waals surface area contributed by atoms with Gasteiger partial charge < -0.3 is 10.1 Å². The van der Waals surface area contributed by atoms with E-state index in [4.69, 9.17) is 4.74 Å². The second kappa shape index (κ2) is 6.10. The highest BCUT2D eigenvalue weighted by Gasteiger charge is 2.37. The number of nitrogens with one attached hydrogen (secondary N) is 1. The molecule has 1 aliphatic heterocycles. The molecule has 17 heavy (non-hydrogen) atoms. The van der Waals surface area contributed by atoms with E-state index in [0.717, 1.165) is 18.3 Å². The molecule has 1 spiro atoms. The standard InChI is InChI=1S/C13H24N2OS/c1-11(2)16-9-8-14-12-15-13(10-17-12)6-4-3-5-7-13/h11H,3-10H2,1-2H3,(H,14,15). The van der Waals surface area contributed by atoms with Crippen molar-refractivity contribution in [2.45, 2.75) is 57.6 Å². The molecule has 0 aromatic heterocycles. The van der Waals surface area contributed by atoms with E-state index in [9.17, 15) is 0 Å². The molecule has 2 rings (SSSR count). The van der Waals surface area contributed by atoms with Gasteiger partial charge in [-0.3, -0.25) is 4.99 Å². The van der Waals surface area contributed by atoms with Gasteiger partial charge in [0.1, 0.15) is 0 Å². The lowest BCUT2D eigenvalue weighted by molar-refractivity contribution is 0.0853. The summed E-state index contributed by atoms with van der Waals surface area (Å²) in [7, 11) is 0. The highest BCUT2D eigenvalue weighted by atomic mass is 32.2. The molecule has 2 aliphatic rings. The second-order valence-electron chi connectivity index (χ2n) is 5.36. The minimum absolute atomic E-state index is 0.309. The van der Waals surface area contributed by atoms with Crippen molar-refractivity contribution in [2.24, 2.45) is 4.99 Å². The Bertz CT molecular complexity index is 273. The third-order valence-corrected chi connectivity index (χ3v) is 4.67. The molecular weight excluding hydrogens is 232 g/mol. The Labute approximate surface area is 109 Å². The van der Waals surface area contributed by atoms with Gasteiger partial charge in [-0.15, -0.1) is 0 Å². The summed E-state index contributed by atoms with van der Waals surface area (Å²) in [4.78, 5) is 4.59. The maximum atomic E-state index is 5.49. The summed E-state index contributed by atoms with van der Waals surface area (Å²) in [5, 5.41) is 4.79. The van der Waals surface area contributed by atoms with Crippen molar-refractivity contribution in [3.05, 3.63) is 0 Å². The van der Waals surface area contributed by atoms with E-state index in [0.29, 0.717) is 11.6 Å². The molecule has 0 radical (unpaired) electrons. The van der Waals surface area contributed by atoms with Crippen LogP contribution in [0.3, 0.4) is 0 Å². The highest BCUT2D eigenvalue weighted by molar-refractivity contribution is 8.14. The fraction of sp³-hybridized carbons (Fsp3) is 0.923. The number of hydrogen-bond acceptors (Lipinski definition) is 3. The highest BCUT2D eigenvalue weighted by Crippen LogP contribution is 2.35. The lowest BCUT2D eigenvalue weighted by Crippen LogP contribution is -2.45. The molecule has 1 heterocycles. The molecule has 1 aliphatic carbocycles. The smallest absolute Gasteiger partial charge is 0.157 e. The molecule has 0 unspecified atom stereocenters.